The highest BCUT2D eigenvalue weighted by Crippen LogP contribution is 2.36. The minimum absolute atomic E-state index is 0.450. The van der Waals surface area contributed by atoms with Crippen LogP contribution in [0, 0.1) is 6.92 Å². The molecule has 1 fully saturated rings. The molecule has 0 unspecified atom stereocenters. The molecule has 0 radical (unpaired) electrons. The molecule has 5 nitrogen and oxygen atoms in total. The Morgan fingerprint density at radius 2 is 2.05 bits per heavy atom. The minimum atomic E-state index is -0.600. The Kier molecular flexibility index (Phi) is 2.50. The van der Waals surface area contributed by atoms with Crippen molar-refractivity contribution in [2.24, 2.45) is 0 Å². The largest absolute Gasteiger partial charge is 0.388 e. The van der Waals surface area contributed by atoms with E-state index in [0.29, 0.717) is 12.4 Å². The van der Waals surface area contributed by atoms with E-state index in [9.17, 15) is 5.11 Å². The highest BCUT2D eigenvalue weighted by Gasteiger charge is 2.35. The first kappa shape index (κ1) is 12.6. The first-order chi connectivity index (χ1) is 10.1. The molecule has 5 heteroatoms. The van der Waals surface area contributed by atoms with Gasteiger partial charge in [0, 0.05) is 5.39 Å². The lowest BCUT2D eigenvalue weighted by molar-refractivity contribution is -0.0468. The second-order valence-electron chi connectivity index (χ2n) is 6.03. The van der Waals surface area contributed by atoms with Gasteiger partial charge in [0.15, 0.2) is 5.82 Å². The average molecular weight is 282 g/mol. The number of aliphatic hydroxyl groups is 1. The number of aromatic nitrogens is 3. The van der Waals surface area contributed by atoms with E-state index >= 15 is 0 Å². The standard InChI is InChI=1S/C16H18N4O/c1-10-18-13-14(20(10)9-16(21)7-4-8-16)11-5-2-3-6-12(11)19-15(13)17/h2-3,5-6,21H,4,7-9H2,1H3,(H2,17,19). The van der Waals surface area contributed by atoms with Crippen LogP contribution < -0.4 is 5.73 Å². The maximum atomic E-state index is 10.5. The first-order valence-corrected chi connectivity index (χ1v) is 7.31. The lowest BCUT2D eigenvalue weighted by Gasteiger charge is -2.37. The first-order valence-electron chi connectivity index (χ1n) is 7.31. The Morgan fingerprint density at radius 3 is 2.76 bits per heavy atom. The van der Waals surface area contributed by atoms with Gasteiger partial charge < -0.3 is 15.4 Å². The van der Waals surface area contributed by atoms with E-state index in [1.54, 1.807) is 0 Å². The van der Waals surface area contributed by atoms with Crippen LogP contribution in [0.3, 0.4) is 0 Å². The van der Waals surface area contributed by atoms with Crippen LogP contribution in [0.25, 0.3) is 21.9 Å². The summed E-state index contributed by atoms with van der Waals surface area (Å²) >= 11 is 0. The normalized spacial score (nSPS) is 17.2. The Balaban J connectivity index is 2.03. The van der Waals surface area contributed by atoms with Crippen LogP contribution in [0.5, 0.6) is 0 Å². The van der Waals surface area contributed by atoms with E-state index in [1.165, 1.54) is 0 Å². The number of aryl methyl sites for hydroxylation is 1. The van der Waals surface area contributed by atoms with E-state index in [0.717, 1.165) is 47.0 Å². The van der Waals surface area contributed by atoms with Crippen molar-refractivity contribution in [1.29, 1.82) is 0 Å². The molecule has 0 atom stereocenters. The van der Waals surface area contributed by atoms with Crippen molar-refractivity contribution < 1.29 is 5.11 Å². The quantitative estimate of drug-likeness (QED) is 0.756. The molecule has 3 N–H and O–H groups in total. The lowest BCUT2D eigenvalue weighted by Crippen LogP contribution is -2.41. The number of fused-ring (bicyclic) bond motifs is 3. The number of nitrogens with two attached hydrogens (primary N) is 1. The molecule has 2 aromatic heterocycles. The van der Waals surface area contributed by atoms with Crippen molar-refractivity contribution in [3.63, 3.8) is 0 Å². The maximum Gasteiger partial charge on any atom is 0.152 e. The monoisotopic (exact) mass is 282 g/mol. The Bertz CT molecular complexity index is 848. The van der Waals surface area contributed by atoms with Crippen LogP contribution in [0.15, 0.2) is 24.3 Å². The maximum absolute atomic E-state index is 10.5. The molecule has 0 amide bonds. The second kappa shape index (κ2) is 4.18. The van der Waals surface area contributed by atoms with E-state index in [2.05, 4.69) is 14.5 Å². The number of rotatable bonds is 2. The van der Waals surface area contributed by atoms with Gasteiger partial charge >= 0.3 is 0 Å². The van der Waals surface area contributed by atoms with Gasteiger partial charge in [-0.3, -0.25) is 0 Å². The Labute approximate surface area is 122 Å². The summed E-state index contributed by atoms with van der Waals surface area (Å²) in [6.45, 7) is 2.53. The highest BCUT2D eigenvalue weighted by molar-refractivity contribution is 6.06. The molecule has 2 heterocycles. The summed E-state index contributed by atoms with van der Waals surface area (Å²) < 4.78 is 2.09. The Morgan fingerprint density at radius 1 is 1.29 bits per heavy atom. The molecule has 0 aliphatic heterocycles. The SMILES string of the molecule is Cc1nc2c(N)nc3ccccc3c2n1CC1(O)CCC1. The fraction of sp³-hybridized carbons (Fsp3) is 0.375. The van der Waals surface area contributed by atoms with Gasteiger partial charge in [-0.15, -0.1) is 0 Å². The second-order valence-corrected chi connectivity index (χ2v) is 6.03. The Hall–Kier alpha value is -2.14. The number of nitrogen functional groups attached to an aromatic ring is 1. The van der Waals surface area contributed by atoms with Gasteiger partial charge in [-0.2, -0.15) is 0 Å². The topological polar surface area (TPSA) is 77.0 Å². The number of imidazole rings is 1. The van der Waals surface area contributed by atoms with E-state index in [1.807, 2.05) is 31.2 Å². The number of pyridine rings is 1. The summed E-state index contributed by atoms with van der Waals surface area (Å²) in [7, 11) is 0. The number of anilines is 1. The van der Waals surface area contributed by atoms with Crippen LogP contribution in [0.4, 0.5) is 5.82 Å². The predicted octanol–water partition coefficient (Wildman–Crippen LogP) is 2.39. The van der Waals surface area contributed by atoms with Gasteiger partial charge in [0.2, 0.25) is 0 Å². The van der Waals surface area contributed by atoms with Crippen molar-refractivity contribution in [2.45, 2.75) is 38.3 Å². The van der Waals surface area contributed by atoms with Crippen molar-refractivity contribution in [3.8, 4) is 0 Å². The molecule has 0 spiro atoms. The van der Waals surface area contributed by atoms with Crippen LogP contribution in [0.2, 0.25) is 0 Å². The third kappa shape index (κ3) is 1.81. The smallest absolute Gasteiger partial charge is 0.152 e. The summed E-state index contributed by atoms with van der Waals surface area (Å²) in [5.41, 5.74) is 8.04. The molecular formula is C16H18N4O. The third-order valence-corrected chi connectivity index (χ3v) is 4.54. The van der Waals surface area contributed by atoms with E-state index in [4.69, 9.17) is 5.73 Å². The summed E-state index contributed by atoms with van der Waals surface area (Å²) in [4.78, 5) is 9.00. The number of benzene rings is 1. The fourth-order valence-corrected chi connectivity index (χ4v) is 3.20. The van der Waals surface area contributed by atoms with Gasteiger partial charge in [-0.25, -0.2) is 9.97 Å². The summed E-state index contributed by atoms with van der Waals surface area (Å²) in [5.74, 6) is 1.32. The van der Waals surface area contributed by atoms with Crippen LogP contribution in [0.1, 0.15) is 25.1 Å². The number of hydrogen-bond donors (Lipinski definition) is 2. The van der Waals surface area contributed by atoms with E-state index < -0.39 is 5.60 Å². The van der Waals surface area contributed by atoms with Crippen LogP contribution >= 0.6 is 0 Å². The third-order valence-electron chi connectivity index (χ3n) is 4.54. The van der Waals surface area contributed by atoms with Gasteiger partial charge in [0.25, 0.3) is 0 Å². The molecular weight excluding hydrogens is 264 g/mol. The molecule has 3 aromatic rings. The average Bonchev–Trinajstić information content (AvgIpc) is 2.75. The fourth-order valence-electron chi connectivity index (χ4n) is 3.20. The van der Waals surface area contributed by atoms with Gasteiger partial charge in [0.1, 0.15) is 11.3 Å². The lowest BCUT2D eigenvalue weighted by atomic mass is 9.80. The van der Waals surface area contributed by atoms with Crippen molar-refractivity contribution in [3.05, 3.63) is 30.1 Å². The predicted molar refractivity (Wildman–Crippen MR) is 83.0 cm³/mol. The zero-order valence-corrected chi connectivity index (χ0v) is 12.0. The molecule has 0 bridgehead atoms. The molecule has 108 valence electrons. The minimum Gasteiger partial charge on any atom is -0.388 e. The van der Waals surface area contributed by atoms with Gasteiger partial charge in [-0.1, -0.05) is 18.2 Å². The zero-order valence-electron chi connectivity index (χ0n) is 12.0. The van der Waals surface area contributed by atoms with Crippen molar-refractivity contribution in [1.82, 2.24) is 14.5 Å². The van der Waals surface area contributed by atoms with Crippen LogP contribution in [-0.4, -0.2) is 25.2 Å². The summed E-state index contributed by atoms with van der Waals surface area (Å²) in [6.07, 6.45) is 2.79. The zero-order chi connectivity index (χ0) is 14.6. The number of hydrogen-bond acceptors (Lipinski definition) is 4. The van der Waals surface area contributed by atoms with Crippen molar-refractivity contribution >= 4 is 27.8 Å². The van der Waals surface area contributed by atoms with E-state index in [-0.39, 0.29) is 0 Å². The van der Waals surface area contributed by atoms with Gasteiger partial charge in [-0.05, 0) is 32.3 Å². The van der Waals surface area contributed by atoms with Gasteiger partial charge in [0.05, 0.1) is 23.2 Å². The molecule has 21 heavy (non-hydrogen) atoms. The van der Waals surface area contributed by atoms with Crippen LogP contribution in [-0.2, 0) is 6.54 Å². The number of nitrogens with zero attached hydrogens (tertiary/aromatic N) is 3. The molecule has 1 aliphatic carbocycles. The molecule has 4 rings (SSSR count). The highest BCUT2D eigenvalue weighted by atomic mass is 16.3. The molecule has 0 saturated heterocycles. The molecule has 1 saturated carbocycles. The number of para-hydroxylation sites is 1. The molecule has 1 aromatic carbocycles. The summed E-state index contributed by atoms with van der Waals surface area (Å²) in [6, 6.07) is 7.93. The van der Waals surface area contributed by atoms with Crippen molar-refractivity contribution in [2.75, 3.05) is 5.73 Å². The summed E-state index contributed by atoms with van der Waals surface area (Å²) in [5, 5.41) is 11.5. The molecule has 1 aliphatic rings.